The summed E-state index contributed by atoms with van der Waals surface area (Å²) in [4.78, 5) is 11.3. The van der Waals surface area contributed by atoms with Crippen LogP contribution in [0.1, 0.15) is 21.5 Å². The van der Waals surface area contributed by atoms with Gasteiger partial charge in [0.05, 0.1) is 20.3 Å². The van der Waals surface area contributed by atoms with Crippen LogP contribution in [0.2, 0.25) is 0 Å². The second-order valence-corrected chi connectivity index (χ2v) is 4.59. The zero-order chi connectivity index (χ0) is 15.1. The maximum Gasteiger partial charge on any atom is 0.339 e. The van der Waals surface area contributed by atoms with Gasteiger partial charge >= 0.3 is 5.97 Å². The molecule has 0 fully saturated rings. The van der Waals surface area contributed by atoms with Crippen LogP contribution in [-0.2, 0) is 17.8 Å². The van der Waals surface area contributed by atoms with Gasteiger partial charge in [-0.25, -0.2) is 4.79 Å². The molecule has 1 N–H and O–H groups in total. The third-order valence-corrected chi connectivity index (χ3v) is 3.18. The predicted octanol–water partition coefficient (Wildman–Crippen LogP) is 3.15. The summed E-state index contributed by atoms with van der Waals surface area (Å²) in [5, 5.41) is 9.28. The molecule has 4 nitrogen and oxygen atoms in total. The third-order valence-electron chi connectivity index (χ3n) is 3.18. The van der Waals surface area contributed by atoms with Gasteiger partial charge in [0.25, 0.3) is 0 Å². The van der Waals surface area contributed by atoms with Crippen LogP contribution < -0.4 is 4.74 Å². The van der Waals surface area contributed by atoms with Gasteiger partial charge in [-0.2, -0.15) is 0 Å². The van der Waals surface area contributed by atoms with Crippen molar-refractivity contribution in [3.8, 4) is 5.75 Å². The van der Waals surface area contributed by atoms with Crippen LogP contribution in [0.5, 0.6) is 5.75 Å². The molecule has 0 spiro atoms. The van der Waals surface area contributed by atoms with Crippen molar-refractivity contribution in [1.29, 1.82) is 0 Å². The van der Waals surface area contributed by atoms with E-state index < -0.39 is 5.97 Å². The molecule has 0 atom stereocenters. The molecule has 110 valence electrons. The SMILES string of the molecule is COc1cccc(COCCc2ccccc2)c1C(=O)O. The Balaban J connectivity index is 1.95. The van der Waals surface area contributed by atoms with E-state index in [1.807, 2.05) is 30.3 Å². The van der Waals surface area contributed by atoms with E-state index in [-0.39, 0.29) is 12.2 Å². The molecule has 21 heavy (non-hydrogen) atoms. The molecule has 0 unspecified atom stereocenters. The minimum Gasteiger partial charge on any atom is -0.496 e. The van der Waals surface area contributed by atoms with Crippen LogP contribution in [0.25, 0.3) is 0 Å². The van der Waals surface area contributed by atoms with E-state index in [1.165, 1.54) is 12.7 Å². The third kappa shape index (κ3) is 4.07. The van der Waals surface area contributed by atoms with Gasteiger partial charge in [-0.05, 0) is 23.6 Å². The number of carboxylic acid groups (broad SMARTS) is 1. The Morgan fingerprint density at radius 1 is 1.10 bits per heavy atom. The van der Waals surface area contributed by atoms with Gasteiger partial charge in [0.15, 0.2) is 0 Å². The Bertz CT molecular complexity index is 593. The Kier molecular flexibility index (Phi) is 5.35. The average molecular weight is 286 g/mol. The summed E-state index contributed by atoms with van der Waals surface area (Å²) in [5.74, 6) is -0.652. The molecular formula is C17H18O4. The largest absolute Gasteiger partial charge is 0.496 e. The minimum absolute atomic E-state index is 0.166. The summed E-state index contributed by atoms with van der Waals surface area (Å²) in [5.41, 5.74) is 1.98. The Morgan fingerprint density at radius 3 is 2.52 bits per heavy atom. The van der Waals surface area contributed by atoms with E-state index in [4.69, 9.17) is 9.47 Å². The molecular weight excluding hydrogens is 268 g/mol. The summed E-state index contributed by atoms with van der Waals surface area (Å²) in [6.07, 6.45) is 0.799. The van der Waals surface area contributed by atoms with Crippen molar-refractivity contribution in [3.63, 3.8) is 0 Å². The number of benzene rings is 2. The lowest BCUT2D eigenvalue weighted by Crippen LogP contribution is -2.07. The first-order chi connectivity index (χ1) is 10.2. The number of hydrogen-bond acceptors (Lipinski definition) is 3. The highest BCUT2D eigenvalue weighted by Gasteiger charge is 2.15. The standard InChI is InChI=1S/C17H18O4/c1-20-15-9-5-8-14(16(15)17(18)19)12-21-11-10-13-6-3-2-4-7-13/h2-9H,10-12H2,1H3,(H,18,19). The van der Waals surface area contributed by atoms with Gasteiger partial charge in [-0.1, -0.05) is 42.5 Å². The smallest absolute Gasteiger partial charge is 0.339 e. The first-order valence-corrected chi connectivity index (χ1v) is 6.73. The van der Waals surface area contributed by atoms with Crippen molar-refractivity contribution >= 4 is 5.97 Å². The van der Waals surface area contributed by atoms with Crippen molar-refractivity contribution in [2.24, 2.45) is 0 Å². The fourth-order valence-corrected chi connectivity index (χ4v) is 2.13. The van der Waals surface area contributed by atoms with Crippen molar-refractivity contribution in [1.82, 2.24) is 0 Å². The Labute approximate surface area is 123 Å². The number of methoxy groups -OCH3 is 1. The van der Waals surface area contributed by atoms with Crippen LogP contribution >= 0.6 is 0 Å². The summed E-state index contributed by atoms with van der Waals surface area (Å²) in [6, 6.07) is 15.2. The second-order valence-electron chi connectivity index (χ2n) is 4.59. The van der Waals surface area contributed by atoms with Crippen molar-refractivity contribution in [2.45, 2.75) is 13.0 Å². The number of rotatable bonds is 7. The zero-order valence-electron chi connectivity index (χ0n) is 11.9. The summed E-state index contributed by atoms with van der Waals surface area (Å²) >= 11 is 0. The molecule has 0 aromatic heterocycles. The van der Waals surface area contributed by atoms with Crippen LogP contribution in [-0.4, -0.2) is 24.8 Å². The summed E-state index contributed by atoms with van der Waals surface area (Å²) < 4.78 is 10.7. The number of carbonyl (C=O) groups is 1. The molecule has 0 heterocycles. The van der Waals surface area contributed by atoms with E-state index in [2.05, 4.69) is 0 Å². The summed E-state index contributed by atoms with van der Waals surface area (Å²) in [6.45, 7) is 0.798. The zero-order valence-corrected chi connectivity index (χ0v) is 11.9. The van der Waals surface area contributed by atoms with E-state index in [1.54, 1.807) is 18.2 Å². The molecule has 0 aliphatic heterocycles. The Hall–Kier alpha value is -2.33. The van der Waals surface area contributed by atoms with E-state index >= 15 is 0 Å². The van der Waals surface area contributed by atoms with E-state index in [0.29, 0.717) is 17.9 Å². The molecule has 2 aromatic carbocycles. The van der Waals surface area contributed by atoms with Gasteiger partial charge in [-0.15, -0.1) is 0 Å². The highest BCUT2D eigenvalue weighted by molar-refractivity contribution is 5.92. The maximum atomic E-state index is 11.3. The lowest BCUT2D eigenvalue weighted by molar-refractivity contribution is 0.0683. The number of hydrogen-bond donors (Lipinski definition) is 1. The number of aromatic carboxylic acids is 1. The molecule has 0 saturated heterocycles. The summed E-state index contributed by atoms with van der Waals surface area (Å²) in [7, 11) is 1.46. The molecule has 0 saturated carbocycles. The molecule has 0 radical (unpaired) electrons. The van der Waals surface area contributed by atoms with Crippen LogP contribution in [0, 0.1) is 0 Å². The predicted molar refractivity (Wildman–Crippen MR) is 79.8 cm³/mol. The van der Waals surface area contributed by atoms with Crippen LogP contribution in [0.4, 0.5) is 0 Å². The second kappa shape index (κ2) is 7.45. The van der Waals surface area contributed by atoms with Gasteiger partial charge in [0, 0.05) is 0 Å². The highest BCUT2D eigenvalue weighted by atomic mass is 16.5. The number of carboxylic acids is 1. The highest BCUT2D eigenvalue weighted by Crippen LogP contribution is 2.22. The average Bonchev–Trinajstić information content (AvgIpc) is 2.52. The van der Waals surface area contributed by atoms with Crippen molar-refractivity contribution in [2.75, 3.05) is 13.7 Å². The van der Waals surface area contributed by atoms with Crippen LogP contribution in [0.15, 0.2) is 48.5 Å². The molecule has 0 aliphatic rings. The van der Waals surface area contributed by atoms with Gasteiger partial charge in [0.1, 0.15) is 11.3 Å². The van der Waals surface area contributed by atoms with Gasteiger partial charge in [-0.3, -0.25) is 0 Å². The monoisotopic (exact) mass is 286 g/mol. The van der Waals surface area contributed by atoms with E-state index in [9.17, 15) is 9.90 Å². The maximum absolute atomic E-state index is 11.3. The lowest BCUT2D eigenvalue weighted by Gasteiger charge is -2.11. The topological polar surface area (TPSA) is 55.8 Å². The first kappa shape index (κ1) is 15.1. The minimum atomic E-state index is -1.01. The lowest BCUT2D eigenvalue weighted by atomic mass is 10.1. The van der Waals surface area contributed by atoms with E-state index in [0.717, 1.165) is 6.42 Å². The van der Waals surface area contributed by atoms with Crippen molar-refractivity contribution in [3.05, 3.63) is 65.2 Å². The van der Waals surface area contributed by atoms with Gasteiger partial charge in [0.2, 0.25) is 0 Å². The molecule has 0 aliphatic carbocycles. The molecule has 0 bridgehead atoms. The fraction of sp³-hybridized carbons (Fsp3) is 0.235. The fourth-order valence-electron chi connectivity index (χ4n) is 2.13. The molecule has 4 heteroatoms. The first-order valence-electron chi connectivity index (χ1n) is 6.73. The molecule has 2 aromatic rings. The normalized spacial score (nSPS) is 10.3. The Morgan fingerprint density at radius 2 is 1.86 bits per heavy atom. The molecule has 2 rings (SSSR count). The quantitative estimate of drug-likeness (QED) is 0.794. The molecule has 0 amide bonds. The van der Waals surface area contributed by atoms with Crippen LogP contribution in [0.3, 0.4) is 0 Å². The van der Waals surface area contributed by atoms with Crippen molar-refractivity contribution < 1.29 is 19.4 Å². The van der Waals surface area contributed by atoms with Gasteiger partial charge < -0.3 is 14.6 Å². The number of ether oxygens (including phenoxy) is 2.